The summed E-state index contributed by atoms with van der Waals surface area (Å²) < 4.78 is 0. The van der Waals surface area contributed by atoms with Crippen LogP contribution in [0.5, 0.6) is 0 Å². The molecule has 0 amide bonds. The SMILES string of the molecule is C1=CCCC(c2c(Nc3ccccc3-c3ccccc3)cccc2Nc2ccccc2-c2ccccc2)=C1. The molecule has 5 aromatic carbocycles. The number of nitrogens with one attached hydrogen (secondary N) is 2. The molecule has 0 radical (unpaired) electrons. The Morgan fingerprint density at radius 3 is 1.42 bits per heavy atom. The molecule has 0 aromatic heterocycles. The molecule has 0 saturated carbocycles. The molecular weight excluding hydrogens is 460 g/mol. The molecule has 0 fully saturated rings. The van der Waals surface area contributed by atoms with Gasteiger partial charge in [0.15, 0.2) is 0 Å². The van der Waals surface area contributed by atoms with Crippen molar-refractivity contribution in [3.63, 3.8) is 0 Å². The lowest BCUT2D eigenvalue weighted by Crippen LogP contribution is -2.03. The predicted molar refractivity (Wildman–Crippen MR) is 163 cm³/mol. The van der Waals surface area contributed by atoms with Gasteiger partial charge in [0.2, 0.25) is 0 Å². The van der Waals surface area contributed by atoms with Gasteiger partial charge in [0.25, 0.3) is 0 Å². The molecular formula is C36H30N2. The second-order valence-electron chi connectivity index (χ2n) is 9.46. The third-order valence-corrected chi connectivity index (χ3v) is 6.96. The Morgan fingerprint density at radius 2 is 0.921 bits per heavy atom. The fraction of sp³-hybridized carbons (Fsp3) is 0.0556. The maximum Gasteiger partial charge on any atom is 0.0481 e. The van der Waals surface area contributed by atoms with E-state index >= 15 is 0 Å². The summed E-state index contributed by atoms with van der Waals surface area (Å²) >= 11 is 0. The van der Waals surface area contributed by atoms with Crippen molar-refractivity contribution < 1.29 is 0 Å². The van der Waals surface area contributed by atoms with Gasteiger partial charge in [0, 0.05) is 39.4 Å². The minimum absolute atomic E-state index is 1.00. The molecule has 1 aliphatic carbocycles. The molecule has 0 spiro atoms. The summed E-state index contributed by atoms with van der Waals surface area (Å²) in [5.74, 6) is 0. The number of para-hydroxylation sites is 2. The molecule has 2 nitrogen and oxygen atoms in total. The monoisotopic (exact) mass is 490 g/mol. The molecule has 1 aliphatic rings. The first-order chi connectivity index (χ1) is 18.9. The number of hydrogen-bond acceptors (Lipinski definition) is 2. The maximum absolute atomic E-state index is 3.80. The number of allylic oxidation sites excluding steroid dienone is 4. The molecule has 184 valence electrons. The molecule has 0 bridgehead atoms. The van der Waals surface area contributed by atoms with E-state index in [0.29, 0.717) is 0 Å². The van der Waals surface area contributed by atoms with Gasteiger partial charge in [0.05, 0.1) is 0 Å². The number of hydrogen-bond donors (Lipinski definition) is 2. The highest BCUT2D eigenvalue weighted by molar-refractivity contribution is 5.93. The molecule has 0 saturated heterocycles. The van der Waals surface area contributed by atoms with Gasteiger partial charge in [-0.15, -0.1) is 0 Å². The lowest BCUT2D eigenvalue weighted by atomic mass is 9.93. The van der Waals surface area contributed by atoms with Gasteiger partial charge in [-0.05, 0) is 53.8 Å². The number of benzene rings is 5. The molecule has 5 aromatic rings. The van der Waals surface area contributed by atoms with Crippen LogP contribution in [-0.4, -0.2) is 0 Å². The van der Waals surface area contributed by atoms with Crippen LogP contribution >= 0.6 is 0 Å². The summed E-state index contributed by atoms with van der Waals surface area (Å²) in [5.41, 5.74) is 11.7. The van der Waals surface area contributed by atoms with Gasteiger partial charge < -0.3 is 10.6 Å². The van der Waals surface area contributed by atoms with Crippen LogP contribution in [0.4, 0.5) is 22.7 Å². The van der Waals surface area contributed by atoms with Gasteiger partial charge >= 0.3 is 0 Å². The summed E-state index contributed by atoms with van der Waals surface area (Å²) in [6.07, 6.45) is 8.71. The van der Waals surface area contributed by atoms with Crippen LogP contribution in [0.2, 0.25) is 0 Å². The van der Waals surface area contributed by atoms with Gasteiger partial charge in [-0.1, -0.05) is 121 Å². The van der Waals surface area contributed by atoms with E-state index in [1.807, 2.05) is 0 Å². The minimum atomic E-state index is 1.00. The van der Waals surface area contributed by atoms with Gasteiger partial charge in [-0.25, -0.2) is 0 Å². The maximum atomic E-state index is 3.80. The van der Waals surface area contributed by atoms with Gasteiger partial charge in [-0.3, -0.25) is 0 Å². The summed E-state index contributed by atoms with van der Waals surface area (Å²) in [7, 11) is 0. The van der Waals surface area contributed by atoms with Crippen molar-refractivity contribution in [1.82, 2.24) is 0 Å². The molecule has 0 heterocycles. The van der Waals surface area contributed by atoms with E-state index in [0.717, 1.165) is 35.6 Å². The van der Waals surface area contributed by atoms with Crippen molar-refractivity contribution in [1.29, 1.82) is 0 Å². The predicted octanol–water partition coefficient (Wildman–Crippen LogP) is 10.2. The second kappa shape index (κ2) is 11.1. The van der Waals surface area contributed by atoms with Crippen LogP contribution < -0.4 is 10.6 Å². The van der Waals surface area contributed by atoms with Crippen LogP contribution in [-0.2, 0) is 0 Å². The minimum Gasteiger partial charge on any atom is -0.354 e. The normalized spacial score (nSPS) is 12.6. The third kappa shape index (κ3) is 5.02. The molecule has 2 heteroatoms. The second-order valence-corrected chi connectivity index (χ2v) is 9.46. The van der Waals surface area contributed by atoms with E-state index in [9.17, 15) is 0 Å². The van der Waals surface area contributed by atoms with E-state index in [1.54, 1.807) is 0 Å². The van der Waals surface area contributed by atoms with Crippen LogP contribution in [0.15, 0.2) is 146 Å². The standard InChI is InChI=1S/C36H30N2/c1-4-15-27(16-5-1)30-21-10-12-23-32(30)37-34-25-14-26-35(36(34)29-19-8-3-9-20-29)38-33-24-13-11-22-31(33)28-17-6-2-7-18-28/h1-8,10-19,21-26,37-38H,9,20H2. The molecule has 6 rings (SSSR count). The number of rotatable bonds is 7. The topological polar surface area (TPSA) is 24.1 Å². The fourth-order valence-corrected chi connectivity index (χ4v) is 5.13. The Balaban J connectivity index is 1.44. The van der Waals surface area contributed by atoms with Crippen molar-refractivity contribution in [3.05, 3.63) is 151 Å². The zero-order valence-electron chi connectivity index (χ0n) is 21.3. The molecule has 0 unspecified atom stereocenters. The number of anilines is 4. The van der Waals surface area contributed by atoms with E-state index in [4.69, 9.17) is 0 Å². The molecule has 2 N–H and O–H groups in total. The van der Waals surface area contributed by atoms with E-state index < -0.39 is 0 Å². The van der Waals surface area contributed by atoms with Crippen LogP contribution in [0.1, 0.15) is 18.4 Å². The highest BCUT2D eigenvalue weighted by Crippen LogP contribution is 2.41. The quantitative estimate of drug-likeness (QED) is 0.237. The summed E-state index contributed by atoms with van der Waals surface area (Å²) in [6, 6.07) is 44.7. The smallest absolute Gasteiger partial charge is 0.0481 e. The molecule has 0 aliphatic heterocycles. The molecule has 0 atom stereocenters. The van der Waals surface area contributed by atoms with Crippen molar-refractivity contribution >= 4 is 28.3 Å². The third-order valence-electron chi connectivity index (χ3n) is 6.96. The lowest BCUT2D eigenvalue weighted by Gasteiger charge is -2.22. The lowest BCUT2D eigenvalue weighted by molar-refractivity contribution is 1.05. The van der Waals surface area contributed by atoms with Crippen LogP contribution in [0.3, 0.4) is 0 Å². The Morgan fingerprint density at radius 1 is 0.447 bits per heavy atom. The Bertz CT molecular complexity index is 1490. The van der Waals surface area contributed by atoms with E-state index in [-0.39, 0.29) is 0 Å². The average Bonchev–Trinajstić information content (AvgIpc) is 2.99. The average molecular weight is 491 g/mol. The van der Waals surface area contributed by atoms with Gasteiger partial charge in [0.1, 0.15) is 0 Å². The zero-order valence-corrected chi connectivity index (χ0v) is 21.3. The van der Waals surface area contributed by atoms with Crippen molar-refractivity contribution in [2.45, 2.75) is 12.8 Å². The highest BCUT2D eigenvalue weighted by Gasteiger charge is 2.17. The Kier molecular flexibility index (Phi) is 6.86. The first-order valence-electron chi connectivity index (χ1n) is 13.2. The highest BCUT2D eigenvalue weighted by atomic mass is 14.9. The zero-order chi connectivity index (χ0) is 25.6. The van der Waals surface area contributed by atoms with Crippen LogP contribution in [0, 0.1) is 0 Å². The summed E-state index contributed by atoms with van der Waals surface area (Å²) in [6.45, 7) is 0. The van der Waals surface area contributed by atoms with Crippen LogP contribution in [0.25, 0.3) is 27.8 Å². The van der Waals surface area contributed by atoms with Crippen molar-refractivity contribution in [3.8, 4) is 22.3 Å². The molecule has 38 heavy (non-hydrogen) atoms. The van der Waals surface area contributed by atoms with E-state index in [1.165, 1.54) is 33.4 Å². The summed E-state index contributed by atoms with van der Waals surface area (Å²) in [4.78, 5) is 0. The Hall–Kier alpha value is -4.82. The largest absolute Gasteiger partial charge is 0.354 e. The first-order valence-corrected chi connectivity index (χ1v) is 13.2. The van der Waals surface area contributed by atoms with Gasteiger partial charge in [-0.2, -0.15) is 0 Å². The summed E-state index contributed by atoms with van der Waals surface area (Å²) in [5, 5.41) is 7.61. The van der Waals surface area contributed by atoms with E-state index in [2.05, 4.69) is 156 Å². The first kappa shape index (κ1) is 23.6. The van der Waals surface area contributed by atoms with Crippen molar-refractivity contribution in [2.75, 3.05) is 10.6 Å². The Labute approximate surface area is 225 Å². The van der Waals surface area contributed by atoms with Crippen molar-refractivity contribution in [2.24, 2.45) is 0 Å². The fourth-order valence-electron chi connectivity index (χ4n) is 5.13.